The summed E-state index contributed by atoms with van der Waals surface area (Å²) in [5.41, 5.74) is 1.69. The van der Waals surface area contributed by atoms with Gasteiger partial charge in [-0.3, -0.25) is 4.57 Å². The number of rotatable bonds is 7. The minimum Gasteiger partial charge on any atom is -0.426 e. The van der Waals surface area contributed by atoms with Gasteiger partial charge in [-0.25, -0.2) is 22.5 Å². The van der Waals surface area contributed by atoms with Gasteiger partial charge < -0.3 is 4.74 Å². The van der Waals surface area contributed by atoms with Crippen molar-refractivity contribution in [2.24, 2.45) is 0 Å². The summed E-state index contributed by atoms with van der Waals surface area (Å²) in [5, 5.41) is 0.131. The molecule has 0 aliphatic carbocycles. The fraction of sp³-hybridized carbons (Fsp3) is 0.250. The topological polar surface area (TPSA) is 73.2 Å². The summed E-state index contributed by atoms with van der Waals surface area (Å²) < 4.78 is 49.4. The molecule has 0 aliphatic rings. The average molecular weight is 438 g/mol. The van der Waals surface area contributed by atoms with E-state index in [9.17, 15) is 12.8 Å². The molecule has 0 spiro atoms. The van der Waals surface area contributed by atoms with Crippen LogP contribution in [-0.4, -0.2) is 18.0 Å². The van der Waals surface area contributed by atoms with E-state index < -0.39 is 26.8 Å². The molecule has 1 heterocycles. The Labute approximate surface area is 174 Å². The van der Waals surface area contributed by atoms with Crippen LogP contribution in [0.25, 0.3) is 0 Å². The molecule has 0 radical (unpaired) electrons. The molecule has 29 heavy (non-hydrogen) atoms. The molecule has 0 amide bonds. The Morgan fingerprint density at radius 1 is 1.24 bits per heavy atom. The second-order valence-electron chi connectivity index (χ2n) is 6.54. The first-order valence-corrected chi connectivity index (χ1v) is 10.8. The Morgan fingerprint density at radius 3 is 2.59 bits per heavy atom. The van der Waals surface area contributed by atoms with Gasteiger partial charge in [0.2, 0.25) is 10.0 Å². The second kappa shape index (κ2) is 8.52. The van der Waals surface area contributed by atoms with Crippen LogP contribution in [-0.2, 0) is 16.6 Å². The Balaban J connectivity index is 1.85. The molecule has 0 bridgehead atoms. The predicted octanol–water partition coefficient (Wildman–Crippen LogP) is 4.84. The molecule has 1 N–H and O–H groups in total. The molecule has 1 atom stereocenters. The first-order chi connectivity index (χ1) is 13.7. The maximum atomic E-state index is 14.0. The second-order valence-corrected chi connectivity index (χ2v) is 8.66. The number of hydrogen-bond acceptors (Lipinski definition) is 4. The number of nitrogens with zero attached hydrogens (tertiary/aromatic N) is 2. The van der Waals surface area contributed by atoms with E-state index in [0.29, 0.717) is 24.0 Å². The van der Waals surface area contributed by atoms with Crippen LogP contribution >= 0.6 is 11.6 Å². The summed E-state index contributed by atoms with van der Waals surface area (Å²) in [6, 6.07) is 10.6. The van der Waals surface area contributed by atoms with Crippen molar-refractivity contribution in [3.63, 3.8) is 0 Å². The van der Waals surface area contributed by atoms with E-state index >= 15 is 0 Å². The van der Waals surface area contributed by atoms with Gasteiger partial charge in [0.15, 0.2) is 0 Å². The van der Waals surface area contributed by atoms with Crippen molar-refractivity contribution < 1.29 is 17.5 Å². The molecular formula is C20H21ClFN3O3S. The van der Waals surface area contributed by atoms with Crippen LogP contribution in [0.3, 0.4) is 0 Å². The van der Waals surface area contributed by atoms with Crippen molar-refractivity contribution in [2.45, 2.75) is 38.3 Å². The highest BCUT2D eigenvalue weighted by Crippen LogP contribution is 2.27. The van der Waals surface area contributed by atoms with E-state index in [0.717, 1.165) is 17.7 Å². The van der Waals surface area contributed by atoms with Crippen molar-refractivity contribution in [3.8, 4) is 11.8 Å². The van der Waals surface area contributed by atoms with E-state index in [1.165, 1.54) is 12.3 Å². The SMILES string of the molecule is CCn1c(C(C)NS(=O)(=O)c2cc(Cl)ccc2F)cnc1Oc1ccc(C)cc1. The van der Waals surface area contributed by atoms with E-state index in [1.807, 2.05) is 38.1 Å². The molecule has 6 nitrogen and oxygen atoms in total. The Kier molecular flexibility index (Phi) is 6.26. The van der Waals surface area contributed by atoms with E-state index in [1.54, 1.807) is 11.5 Å². The third kappa shape index (κ3) is 4.77. The molecule has 2 aromatic carbocycles. The lowest BCUT2D eigenvalue weighted by Crippen LogP contribution is -2.29. The number of imidazole rings is 1. The van der Waals surface area contributed by atoms with Gasteiger partial charge in [-0.15, -0.1) is 0 Å². The number of ether oxygens (including phenoxy) is 1. The number of hydrogen-bond donors (Lipinski definition) is 1. The zero-order chi connectivity index (χ0) is 21.2. The van der Waals surface area contributed by atoms with Crippen LogP contribution in [0.1, 0.15) is 31.1 Å². The molecule has 0 saturated carbocycles. The predicted molar refractivity (Wildman–Crippen MR) is 109 cm³/mol. The molecule has 0 aliphatic heterocycles. The van der Waals surface area contributed by atoms with Gasteiger partial charge in [0.25, 0.3) is 0 Å². The summed E-state index contributed by atoms with van der Waals surface area (Å²) in [6.07, 6.45) is 1.54. The zero-order valence-corrected chi connectivity index (χ0v) is 17.8. The summed E-state index contributed by atoms with van der Waals surface area (Å²) in [4.78, 5) is 3.77. The number of halogens is 2. The van der Waals surface area contributed by atoms with Gasteiger partial charge >= 0.3 is 6.01 Å². The summed E-state index contributed by atoms with van der Waals surface area (Å²) >= 11 is 5.82. The smallest absolute Gasteiger partial charge is 0.302 e. The van der Waals surface area contributed by atoms with E-state index in [2.05, 4.69) is 9.71 Å². The van der Waals surface area contributed by atoms with E-state index in [-0.39, 0.29) is 5.02 Å². The van der Waals surface area contributed by atoms with Crippen molar-refractivity contribution in [3.05, 3.63) is 70.8 Å². The average Bonchev–Trinajstić information content (AvgIpc) is 3.08. The summed E-state index contributed by atoms with van der Waals surface area (Å²) in [6.45, 7) is 6.03. The van der Waals surface area contributed by atoms with Crippen molar-refractivity contribution in [2.75, 3.05) is 0 Å². The molecule has 1 unspecified atom stereocenters. The molecule has 0 fully saturated rings. The highest BCUT2D eigenvalue weighted by molar-refractivity contribution is 7.89. The quantitative estimate of drug-likeness (QED) is 0.574. The van der Waals surface area contributed by atoms with Gasteiger partial charge in [0.1, 0.15) is 16.5 Å². The first kappa shape index (κ1) is 21.3. The van der Waals surface area contributed by atoms with Crippen LogP contribution in [0, 0.1) is 12.7 Å². The number of benzene rings is 2. The lowest BCUT2D eigenvalue weighted by Gasteiger charge is -2.17. The standard InChI is InChI=1S/C20H21ClFN3O3S/c1-4-25-18(12-23-20(25)28-16-8-5-13(2)6-9-16)14(3)24-29(26,27)19-11-15(21)7-10-17(19)22/h5-12,14,24H,4H2,1-3H3. The number of aromatic nitrogens is 2. The number of aryl methyl sites for hydroxylation is 1. The molecular weight excluding hydrogens is 417 g/mol. The van der Waals surface area contributed by atoms with Crippen molar-refractivity contribution >= 4 is 21.6 Å². The highest BCUT2D eigenvalue weighted by atomic mass is 35.5. The van der Waals surface area contributed by atoms with Gasteiger partial charge in [0, 0.05) is 11.6 Å². The van der Waals surface area contributed by atoms with Gasteiger partial charge in [-0.05, 0) is 51.1 Å². The normalized spacial score (nSPS) is 12.7. The number of nitrogens with one attached hydrogen (secondary N) is 1. The zero-order valence-electron chi connectivity index (χ0n) is 16.2. The fourth-order valence-corrected chi connectivity index (χ4v) is 4.42. The lowest BCUT2D eigenvalue weighted by molar-refractivity contribution is 0.408. The monoisotopic (exact) mass is 437 g/mol. The first-order valence-electron chi connectivity index (χ1n) is 8.98. The molecule has 0 saturated heterocycles. The highest BCUT2D eigenvalue weighted by Gasteiger charge is 2.25. The third-order valence-electron chi connectivity index (χ3n) is 4.35. The van der Waals surface area contributed by atoms with Crippen LogP contribution < -0.4 is 9.46 Å². The molecule has 1 aromatic heterocycles. The fourth-order valence-electron chi connectivity index (χ4n) is 2.87. The minimum atomic E-state index is -4.13. The maximum Gasteiger partial charge on any atom is 0.302 e. The van der Waals surface area contributed by atoms with Gasteiger partial charge in [-0.1, -0.05) is 29.3 Å². The molecule has 3 rings (SSSR count). The lowest BCUT2D eigenvalue weighted by atomic mass is 10.2. The van der Waals surface area contributed by atoms with Crippen molar-refractivity contribution in [1.29, 1.82) is 0 Å². The Hall–Kier alpha value is -2.42. The summed E-state index contributed by atoms with van der Waals surface area (Å²) in [7, 11) is -4.13. The molecule has 3 aromatic rings. The summed E-state index contributed by atoms with van der Waals surface area (Å²) in [5.74, 6) is -0.252. The van der Waals surface area contributed by atoms with Crippen molar-refractivity contribution in [1.82, 2.24) is 14.3 Å². The molecule has 154 valence electrons. The van der Waals surface area contributed by atoms with Crippen LogP contribution in [0.2, 0.25) is 5.02 Å². The van der Waals surface area contributed by atoms with E-state index in [4.69, 9.17) is 16.3 Å². The minimum absolute atomic E-state index is 0.131. The largest absolute Gasteiger partial charge is 0.426 e. The Morgan fingerprint density at radius 2 is 1.93 bits per heavy atom. The van der Waals surface area contributed by atoms with Gasteiger partial charge in [-0.2, -0.15) is 0 Å². The van der Waals surface area contributed by atoms with Gasteiger partial charge in [0.05, 0.1) is 17.9 Å². The third-order valence-corrected chi connectivity index (χ3v) is 6.15. The molecule has 9 heteroatoms. The van der Waals surface area contributed by atoms with Crippen LogP contribution in [0.15, 0.2) is 53.6 Å². The maximum absolute atomic E-state index is 14.0. The number of sulfonamides is 1. The van der Waals surface area contributed by atoms with Crippen LogP contribution in [0.5, 0.6) is 11.8 Å². The Bertz CT molecular complexity index is 1110. The van der Waals surface area contributed by atoms with Crippen LogP contribution in [0.4, 0.5) is 4.39 Å².